The van der Waals surface area contributed by atoms with E-state index in [1.165, 1.54) is 75.8 Å². The van der Waals surface area contributed by atoms with E-state index in [0.29, 0.717) is 23.0 Å². The van der Waals surface area contributed by atoms with Gasteiger partial charge < -0.3 is 14.5 Å². The number of hydrogen-bond donors (Lipinski definition) is 0. The van der Waals surface area contributed by atoms with Gasteiger partial charge in [-0.25, -0.2) is 4.79 Å². The fourth-order valence-electron chi connectivity index (χ4n) is 7.96. The largest absolute Gasteiger partial charge is 0.462 e. The van der Waals surface area contributed by atoms with E-state index in [1.54, 1.807) is 11.1 Å². The maximum atomic E-state index is 12.1. The SMILES string of the molecule is CCOC(=O)c1ccc(N2CCN(CC3=C(c4ccc(Cl)cc4)CCC(C)(CN4CCC5(CCC5)CC4)C3)CC2)cc1. The Morgan fingerprint density at radius 2 is 1.55 bits per heavy atom. The van der Waals surface area contributed by atoms with Crippen LogP contribution in [-0.4, -0.2) is 74.7 Å². The molecule has 2 saturated heterocycles. The highest BCUT2D eigenvalue weighted by atomic mass is 35.5. The number of piperazine rings is 1. The van der Waals surface area contributed by atoms with E-state index in [4.69, 9.17) is 16.3 Å². The first-order valence-corrected chi connectivity index (χ1v) is 16.7. The minimum absolute atomic E-state index is 0.249. The molecule has 2 aromatic carbocycles. The number of piperidine rings is 1. The summed E-state index contributed by atoms with van der Waals surface area (Å²) in [5.41, 5.74) is 7.37. The Bertz CT molecular complexity index is 1250. The summed E-state index contributed by atoms with van der Waals surface area (Å²) in [5, 5.41) is 0.808. The molecular formula is C36H48ClN3O2. The highest BCUT2D eigenvalue weighted by Crippen LogP contribution is 2.50. The van der Waals surface area contributed by atoms with Gasteiger partial charge in [0.1, 0.15) is 0 Å². The van der Waals surface area contributed by atoms with Gasteiger partial charge in [-0.1, -0.05) is 42.7 Å². The predicted octanol–water partition coefficient (Wildman–Crippen LogP) is 7.55. The molecule has 6 rings (SSSR count). The van der Waals surface area contributed by atoms with Crippen LogP contribution in [0.3, 0.4) is 0 Å². The third-order valence-corrected chi connectivity index (χ3v) is 11.0. The molecule has 1 atom stereocenters. The fourth-order valence-corrected chi connectivity index (χ4v) is 8.08. The average molecular weight is 590 g/mol. The van der Waals surface area contributed by atoms with Crippen LogP contribution in [0.1, 0.15) is 81.1 Å². The number of rotatable bonds is 8. The van der Waals surface area contributed by atoms with Crippen LogP contribution in [0.15, 0.2) is 54.1 Å². The third-order valence-electron chi connectivity index (χ3n) is 10.7. The number of hydrogen-bond acceptors (Lipinski definition) is 5. The second-order valence-corrected chi connectivity index (χ2v) is 14.2. The van der Waals surface area contributed by atoms with Gasteiger partial charge in [0.2, 0.25) is 0 Å². The van der Waals surface area contributed by atoms with Crippen molar-refractivity contribution >= 4 is 28.8 Å². The molecule has 42 heavy (non-hydrogen) atoms. The molecule has 1 saturated carbocycles. The number of benzene rings is 2. The normalized spacial score (nSPS) is 25.0. The van der Waals surface area contributed by atoms with Crippen molar-refractivity contribution in [2.75, 3.05) is 63.9 Å². The summed E-state index contributed by atoms with van der Waals surface area (Å²) < 4.78 is 5.15. The number of allylic oxidation sites excluding steroid dienone is 1. The number of halogens is 1. The number of likely N-dealkylation sites (tertiary alicyclic amines) is 1. The van der Waals surface area contributed by atoms with Crippen molar-refractivity contribution in [2.45, 2.75) is 65.2 Å². The van der Waals surface area contributed by atoms with Crippen molar-refractivity contribution in [3.8, 4) is 0 Å². The van der Waals surface area contributed by atoms with Crippen molar-refractivity contribution in [3.63, 3.8) is 0 Å². The number of esters is 1. The molecular weight excluding hydrogens is 542 g/mol. The Hall–Kier alpha value is -2.34. The van der Waals surface area contributed by atoms with Gasteiger partial charge in [-0.05, 0) is 123 Å². The van der Waals surface area contributed by atoms with Crippen molar-refractivity contribution in [2.24, 2.45) is 10.8 Å². The van der Waals surface area contributed by atoms with Gasteiger partial charge >= 0.3 is 5.97 Å². The molecule has 1 unspecified atom stereocenters. The maximum absolute atomic E-state index is 12.1. The number of nitrogens with zero attached hydrogens (tertiary/aromatic N) is 3. The molecule has 0 amide bonds. The second kappa shape index (κ2) is 12.7. The van der Waals surface area contributed by atoms with E-state index < -0.39 is 0 Å². The summed E-state index contributed by atoms with van der Waals surface area (Å²) in [6.07, 6.45) is 10.8. The van der Waals surface area contributed by atoms with E-state index in [1.807, 2.05) is 31.2 Å². The quantitative estimate of drug-likeness (QED) is 0.297. The third kappa shape index (κ3) is 6.74. The number of ether oxygens (including phenoxy) is 1. The minimum Gasteiger partial charge on any atom is -0.462 e. The Kier molecular flexibility index (Phi) is 9.00. The maximum Gasteiger partial charge on any atom is 0.338 e. The summed E-state index contributed by atoms with van der Waals surface area (Å²) in [7, 11) is 0. The molecule has 3 fully saturated rings. The number of anilines is 1. The average Bonchev–Trinajstić information content (AvgIpc) is 2.98. The van der Waals surface area contributed by atoms with Crippen molar-refractivity contribution in [3.05, 3.63) is 70.3 Å². The van der Waals surface area contributed by atoms with Crippen LogP contribution in [-0.2, 0) is 4.74 Å². The second-order valence-electron chi connectivity index (χ2n) is 13.7. The van der Waals surface area contributed by atoms with Crippen LogP contribution in [0.5, 0.6) is 0 Å². The van der Waals surface area contributed by atoms with Gasteiger partial charge in [0.15, 0.2) is 0 Å². The zero-order valence-electron chi connectivity index (χ0n) is 25.7. The van der Waals surface area contributed by atoms with Gasteiger partial charge in [0.05, 0.1) is 12.2 Å². The Balaban J connectivity index is 1.11. The van der Waals surface area contributed by atoms with Crippen LogP contribution in [0, 0.1) is 10.8 Å². The van der Waals surface area contributed by atoms with Gasteiger partial charge in [0, 0.05) is 50.0 Å². The Labute approximate surface area is 257 Å². The lowest BCUT2D eigenvalue weighted by molar-refractivity contribution is 0.0156. The zero-order chi connectivity index (χ0) is 29.2. The topological polar surface area (TPSA) is 36.0 Å². The van der Waals surface area contributed by atoms with E-state index in [9.17, 15) is 4.79 Å². The molecule has 226 valence electrons. The van der Waals surface area contributed by atoms with Crippen LogP contribution >= 0.6 is 11.6 Å². The highest BCUT2D eigenvalue weighted by Gasteiger charge is 2.41. The smallest absolute Gasteiger partial charge is 0.338 e. The molecule has 0 aromatic heterocycles. The van der Waals surface area contributed by atoms with Crippen molar-refractivity contribution in [1.82, 2.24) is 9.80 Å². The zero-order valence-corrected chi connectivity index (χ0v) is 26.4. The van der Waals surface area contributed by atoms with Gasteiger partial charge in [-0.15, -0.1) is 0 Å². The van der Waals surface area contributed by atoms with E-state index in [0.717, 1.165) is 44.2 Å². The van der Waals surface area contributed by atoms with Crippen LogP contribution in [0.2, 0.25) is 5.02 Å². The van der Waals surface area contributed by atoms with E-state index in [2.05, 4.69) is 45.9 Å². The summed E-state index contributed by atoms with van der Waals surface area (Å²) in [6.45, 7) is 13.7. The van der Waals surface area contributed by atoms with Gasteiger partial charge in [-0.2, -0.15) is 0 Å². The highest BCUT2D eigenvalue weighted by molar-refractivity contribution is 6.30. The number of carbonyl (C=O) groups is 1. The number of carbonyl (C=O) groups excluding carboxylic acids is 1. The molecule has 0 radical (unpaired) electrons. The molecule has 0 bridgehead atoms. The summed E-state index contributed by atoms with van der Waals surface area (Å²) in [6, 6.07) is 16.4. The molecule has 2 aliphatic heterocycles. The van der Waals surface area contributed by atoms with Gasteiger partial charge in [-0.3, -0.25) is 4.90 Å². The summed E-state index contributed by atoms with van der Waals surface area (Å²) >= 11 is 6.28. The molecule has 0 N–H and O–H groups in total. The Morgan fingerprint density at radius 1 is 0.857 bits per heavy atom. The lowest BCUT2D eigenvalue weighted by Crippen LogP contribution is -2.48. The van der Waals surface area contributed by atoms with Crippen molar-refractivity contribution in [1.29, 1.82) is 0 Å². The van der Waals surface area contributed by atoms with E-state index >= 15 is 0 Å². The molecule has 2 aliphatic carbocycles. The molecule has 2 aromatic rings. The fraction of sp³-hybridized carbons (Fsp3) is 0.583. The summed E-state index contributed by atoms with van der Waals surface area (Å²) in [5.74, 6) is -0.249. The monoisotopic (exact) mass is 589 g/mol. The van der Waals surface area contributed by atoms with Crippen LogP contribution in [0.25, 0.3) is 5.57 Å². The Morgan fingerprint density at radius 3 is 2.17 bits per heavy atom. The summed E-state index contributed by atoms with van der Waals surface area (Å²) in [4.78, 5) is 19.9. The molecule has 5 nitrogen and oxygen atoms in total. The standard InChI is InChI=1S/C36H48ClN3O2/c1-3-42-34(41)29-7-11-32(12-8-29)40-23-21-38(22-24-40)26-30-25-35(2,16-13-33(30)28-5-9-31(37)10-6-28)27-39-19-17-36(18-20-39)14-4-15-36/h5-12H,3-4,13-27H2,1-2H3. The molecule has 4 aliphatic rings. The first kappa shape index (κ1) is 29.7. The van der Waals surface area contributed by atoms with Crippen molar-refractivity contribution < 1.29 is 9.53 Å². The molecule has 1 spiro atoms. The molecule has 2 heterocycles. The van der Waals surface area contributed by atoms with E-state index in [-0.39, 0.29) is 5.97 Å². The lowest BCUT2D eigenvalue weighted by Gasteiger charge is -2.50. The predicted molar refractivity (Wildman–Crippen MR) is 173 cm³/mol. The first-order chi connectivity index (χ1) is 20.3. The molecule has 6 heteroatoms. The van der Waals surface area contributed by atoms with Crippen LogP contribution in [0.4, 0.5) is 5.69 Å². The minimum atomic E-state index is -0.249. The lowest BCUT2D eigenvalue weighted by atomic mass is 9.63. The van der Waals surface area contributed by atoms with Crippen LogP contribution < -0.4 is 4.90 Å². The first-order valence-electron chi connectivity index (χ1n) is 16.3. The van der Waals surface area contributed by atoms with Gasteiger partial charge in [0.25, 0.3) is 0 Å².